The molecule has 20 heavy (non-hydrogen) atoms. The number of amides is 1. The molecule has 1 aliphatic rings. The smallest absolute Gasteiger partial charge is 0.407 e. The summed E-state index contributed by atoms with van der Waals surface area (Å²) < 4.78 is 5.09. The SMILES string of the molecule is CC(C)(C)OC(=O)NC(CCC1CCC1)C(O)C(=O)O. The van der Waals surface area contributed by atoms with E-state index in [1.54, 1.807) is 20.8 Å². The van der Waals surface area contributed by atoms with Gasteiger partial charge < -0.3 is 20.3 Å². The summed E-state index contributed by atoms with van der Waals surface area (Å²) in [5.41, 5.74) is -0.656. The van der Waals surface area contributed by atoms with Crippen molar-refractivity contribution in [1.82, 2.24) is 5.32 Å². The quantitative estimate of drug-likeness (QED) is 0.693. The lowest BCUT2D eigenvalue weighted by Gasteiger charge is -2.29. The summed E-state index contributed by atoms with van der Waals surface area (Å²) in [5, 5.41) is 21.0. The molecule has 116 valence electrons. The summed E-state index contributed by atoms with van der Waals surface area (Å²) >= 11 is 0. The van der Waals surface area contributed by atoms with Crippen molar-refractivity contribution in [1.29, 1.82) is 0 Å². The van der Waals surface area contributed by atoms with E-state index in [1.807, 2.05) is 0 Å². The Morgan fingerprint density at radius 1 is 1.35 bits per heavy atom. The van der Waals surface area contributed by atoms with Crippen LogP contribution in [0.15, 0.2) is 0 Å². The normalized spacial score (nSPS) is 18.8. The molecule has 0 spiro atoms. The number of aliphatic hydroxyl groups excluding tert-OH is 1. The predicted octanol–water partition coefficient (Wildman–Crippen LogP) is 1.91. The zero-order valence-electron chi connectivity index (χ0n) is 12.4. The number of nitrogens with one attached hydrogen (secondary N) is 1. The van der Waals surface area contributed by atoms with Crippen molar-refractivity contribution < 1.29 is 24.5 Å². The highest BCUT2D eigenvalue weighted by Crippen LogP contribution is 2.31. The van der Waals surface area contributed by atoms with E-state index in [0.717, 1.165) is 19.3 Å². The minimum Gasteiger partial charge on any atom is -0.479 e. The third kappa shape index (κ3) is 5.77. The molecule has 2 atom stereocenters. The van der Waals surface area contributed by atoms with Gasteiger partial charge in [0.05, 0.1) is 6.04 Å². The minimum atomic E-state index is -1.61. The number of carboxylic acids is 1. The van der Waals surface area contributed by atoms with Gasteiger partial charge >= 0.3 is 12.1 Å². The molecule has 1 fully saturated rings. The molecular weight excluding hydrogens is 262 g/mol. The Hall–Kier alpha value is -1.30. The lowest BCUT2D eigenvalue weighted by molar-refractivity contribution is -0.148. The first-order valence-electron chi connectivity index (χ1n) is 7.09. The van der Waals surface area contributed by atoms with Crippen LogP contribution < -0.4 is 5.32 Å². The highest BCUT2D eigenvalue weighted by atomic mass is 16.6. The van der Waals surface area contributed by atoms with Gasteiger partial charge in [-0.25, -0.2) is 9.59 Å². The number of hydrogen-bond donors (Lipinski definition) is 3. The van der Waals surface area contributed by atoms with Crippen molar-refractivity contribution in [2.24, 2.45) is 5.92 Å². The summed E-state index contributed by atoms with van der Waals surface area (Å²) in [6.07, 6.45) is 2.43. The Kier molecular flexibility index (Phi) is 5.80. The molecule has 6 nitrogen and oxygen atoms in total. The third-order valence-corrected chi connectivity index (χ3v) is 3.45. The standard InChI is InChI=1S/C14H25NO5/c1-14(2,3)20-13(19)15-10(11(16)12(17)18)8-7-9-5-4-6-9/h9-11,16H,4-8H2,1-3H3,(H,15,19)(H,17,18). The highest BCUT2D eigenvalue weighted by Gasteiger charge is 2.30. The molecule has 1 amide bonds. The maximum Gasteiger partial charge on any atom is 0.407 e. The second-order valence-corrected chi connectivity index (χ2v) is 6.41. The average Bonchev–Trinajstić information content (AvgIpc) is 2.21. The third-order valence-electron chi connectivity index (χ3n) is 3.45. The molecule has 2 unspecified atom stereocenters. The van der Waals surface area contributed by atoms with Gasteiger partial charge in [-0.3, -0.25) is 0 Å². The molecule has 0 aromatic rings. The van der Waals surface area contributed by atoms with Gasteiger partial charge in [0.2, 0.25) is 0 Å². The van der Waals surface area contributed by atoms with Gasteiger partial charge in [0.25, 0.3) is 0 Å². The first kappa shape index (κ1) is 16.8. The number of carbonyl (C=O) groups is 2. The van der Waals surface area contributed by atoms with E-state index in [2.05, 4.69) is 5.32 Å². The topological polar surface area (TPSA) is 95.9 Å². The number of carboxylic acid groups (broad SMARTS) is 1. The summed E-state index contributed by atoms with van der Waals surface area (Å²) in [4.78, 5) is 22.6. The van der Waals surface area contributed by atoms with E-state index in [-0.39, 0.29) is 0 Å². The van der Waals surface area contributed by atoms with E-state index in [1.165, 1.54) is 6.42 Å². The van der Waals surface area contributed by atoms with Crippen molar-refractivity contribution in [2.45, 2.75) is 70.6 Å². The second kappa shape index (κ2) is 6.92. The fraction of sp³-hybridized carbons (Fsp3) is 0.857. The van der Waals surface area contributed by atoms with Crippen molar-refractivity contribution in [3.05, 3.63) is 0 Å². The largest absolute Gasteiger partial charge is 0.479 e. The number of alkyl carbamates (subject to hydrolysis) is 1. The molecule has 1 saturated carbocycles. The van der Waals surface area contributed by atoms with Gasteiger partial charge in [0.1, 0.15) is 5.60 Å². The van der Waals surface area contributed by atoms with E-state index in [0.29, 0.717) is 12.3 Å². The van der Waals surface area contributed by atoms with Crippen LogP contribution in [0.1, 0.15) is 52.9 Å². The van der Waals surface area contributed by atoms with Crippen molar-refractivity contribution >= 4 is 12.1 Å². The predicted molar refractivity (Wildman–Crippen MR) is 73.4 cm³/mol. The number of ether oxygens (including phenoxy) is 1. The van der Waals surface area contributed by atoms with Crippen molar-refractivity contribution in [3.8, 4) is 0 Å². The molecule has 6 heteroatoms. The summed E-state index contributed by atoms with van der Waals surface area (Å²) in [6, 6.07) is -0.817. The number of aliphatic hydroxyl groups is 1. The molecule has 0 aliphatic heterocycles. The van der Waals surface area contributed by atoms with Crippen LogP contribution in [0.4, 0.5) is 4.79 Å². The van der Waals surface area contributed by atoms with E-state index < -0.39 is 29.8 Å². The fourth-order valence-corrected chi connectivity index (χ4v) is 2.14. The molecule has 0 aromatic heterocycles. The molecule has 0 heterocycles. The molecule has 3 N–H and O–H groups in total. The van der Waals surface area contributed by atoms with Crippen LogP contribution in [0.5, 0.6) is 0 Å². The zero-order chi connectivity index (χ0) is 15.3. The molecule has 0 radical (unpaired) electrons. The Balaban J connectivity index is 2.52. The maximum atomic E-state index is 11.7. The monoisotopic (exact) mass is 287 g/mol. The molecule has 1 rings (SSSR count). The maximum absolute atomic E-state index is 11.7. The van der Waals surface area contributed by atoms with Crippen LogP contribution in [-0.2, 0) is 9.53 Å². The summed E-state index contributed by atoms with van der Waals surface area (Å²) in [7, 11) is 0. The minimum absolute atomic E-state index is 0.442. The highest BCUT2D eigenvalue weighted by molar-refractivity contribution is 5.75. The van der Waals surface area contributed by atoms with Crippen LogP contribution in [-0.4, -0.2) is 40.0 Å². The van der Waals surface area contributed by atoms with Gasteiger partial charge in [-0.1, -0.05) is 19.3 Å². The van der Waals surface area contributed by atoms with Crippen molar-refractivity contribution in [3.63, 3.8) is 0 Å². The van der Waals surface area contributed by atoms with Gasteiger partial charge in [-0.15, -0.1) is 0 Å². The van der Waals surface area contributed by atoms with Gasteiger partial charge in [0, 0.05) is 0 Å². The number of carbonyl (C=O) groups excluding carboxylic acids is 1. The molecular formula is C14H25NO5. The van der Waals surface area contributed by atoms with Crippen LogP contribution in [0.25, 0.3) is 0 Å². The Labute approximate surface area is 119 Å². The number of hydrogen-bond acceptors (Lipinski definition) is 4. The molecule has 0 saturated heterocycles. The molecule has 0 aromatic carbocycles. The first-order chi connectivity index (χ1) is 9.19. The van der Waals surface area contributed by atoms with Crippen LogP contribution >= 0.6 is 0 Å². The second-order valence-electron chi connectivity index (χ2n) is 6.41. The Bertz CT molecular complexity index is 346. The summed E-state index contributed by atoms with van der Waals surface area (Å²) in [5.74, 6) is -0.751. The fourth-order valence-electron chi connectivity index (χ4n) is 2.14. The average molecular weight is 287 g/mol. The zero-order valence-corrected chi connectivity index (χ0v) is 12.4. The molecule has 0 bridgehead atoms. The Morgan fingerprint density at radius 3 is 2.35 bits per heavy atom. The molecule has 1 aliphatic carbocycles. The van der Waals surface area contributed by atoms with Gasteiger partial charge in [-0.05, 0) is 39.5 Å². The number of aliphatic carboxylic acids is 1. The first-order valence-corrected chi connectivity index (χ1v) is 7.09. The van der Waals surface area contributed by atoms with E-state index >= 15 is 0 Å². The van der Waals surface area contributed by atoms with Crippen molar-refractivity contribution in [2.75, 3.05) is 0 Å². The van der Waals surface area contributed by atoms with Gasteiger partial charge in [-0.2, -0.15) is 0 Å². The lowest BCUT2D eigenvalue weighted by atomic mass is 9.81. The van der Waals surface area contributed by atoms with E-state index in [9.17, 15) is 14.7 Å². The number of rotatable bonds is 6. The Morgan fingerprint density at radius 2 is 1.95 bits per heavy atom. The summed E-state index contributed by atoms with van der Waals surface area (Å²) in [6.45, 7) is 5.18. The lowest BCUT2D eigenvalue weighted by Crippen LogP contribution is -2.48. The van der Waals surface area contributed by atoms with Crippen LogP contribution in [0, 0.1) is 5.92 Å². The van der Waals surface area contributed by atoms with Crippen LogP contribution in [0.3, 0.4) is 0 Å². The van der Waals surface area contributed by atoms with Crippen LogP contribution in [0.2, 0.25) is 0 Å². The van der Waals surface area contributed by atoms with Gasteiger partial charge in [0.15, 0.2) is 6.10 Å². The van der Waals surface area contributed by atoms with E-state index in [4.69, 9.17) is 9.84 Å².